The van der Waals surface area contributed by atoms with Crippen molar-refractivity contribution in [3.05, 3.63) is 82.3 Å². The first-order valence-corrected chi connectivity index (χ1v) is 11.6. The molecule has 0 aromatic heterocycles. The summed E-state index contributed by atoms with van der Waals surface area (Å²) in [5, 5.41) is 10.1. The van der Waals surface area contributed by atoms with E-state index in [2.05, 4.69) is 6.07 Å². The van der Waals surface area contributed by atoms with Crippen molar-refractivity contribution >= 4 is 29.4 Å². The van der Waals surface area contributed by atoms with Crippen LogP contribution in [0.1, 0.15) is 24.0 Å². The van der Waals surface area contributed by atoms with E-state index in [9.17, 15) is 19.6 Å². The van der Waals surface area contributed by atoms with Crippen molar-refractivity contribution in [1.29, 1.82) is 5.26 Å². The molecule has 37 heavy (non-hydrogen) atoms. The number of benzene rings is 2. The maximum absolute atomic E-state index is 13.2. The van der Waals surface area contributed by atoms with Gasteiger partial charge in [0.15, 0.2) is 0 Å². The number of methoxy groups -OCH3 is 2. The minimum Gasteiger partial charge on any atom is -0.466 e. The van der Waals surface area contributed by atoms with Gasteiger partial charge >= 0.3 is 18.0 Å². The quantitative estimate of drug-likeness (QED) is 0.483. The van der Waals surface area contributed by atoms with Crippen LogP contribution in [0.15, 0.2) is 71.2 Å². The zero-order valence-electron chi connectivity index (χ0n) is 20.7. The SMILES string of the molecule is CCOC(=O)N1CCc2cc(N3C(N)=C(C#N)C(c4ccccc4)C(C(=O)OC)=C3C(=O)OC)ccc21. The lowest BCUT2D eigenvalue weighted by molar-refractivity contribution is -0.139. The summed E-state index contributed by atoms with van der Waals surface area (Å²) < 4.78 is 15.3. The molecule has 10 nitrogen and oxygen atoms in total. The topological polar surface area (TPSA) is 135 Å². The molecule has 0 radical (unpaired) electrons. The van der Waals surface area contributed by atoms with Gasteiger partial charge < -0.3 is 19.9 Å². The van der Waals surface area contributed by atoms with Gasteiger partial charge in [0.05, 0.1) is 49.6 Å². The summed E-state index contributed by atoms with van der Waals surface area (Å²) >= 11 is 0. The van der Waals surface area contributed by atoms with Crippen molar-refractivity contribution in [3.63, 3.8) is 0 Å². The molecule has 0 fully saturated rings. The smallest absolute Gasteiger partial charge is 0.414 e. The van der Waals surface area contributed by atoms with Crippen LogP contribution in [-0.2, 0) is 30.2 Å². The molecule has 0 saturated carbocycles. The second-order valence-electron chi connectivity index (χ2n) is 8.25. The standard InChI is InChI=1S/C27H26N4O6/c1-4-37-27(34)30-13-12-17-14-18(10-11-20(17)30)31-23(26(33)36-3)22(25(32)35-2)21(19(15-28)24(31)29)16-8-6-5-7-9-16/h5-11,14,21H,4,12-13,29H2,1-3H3. The van der Waals surface area contributed by atoms with Gasteiger partial charge in [-0.05, 0) is 42.7 Å². The third-order valence-corrected chi connectivity index (χ3v) is 6.32. The van der Waals surface area contributed by atoms with Crippen LogP contribution >= 0.6 is 0 Å². The van der Waals surface area contributed by atoms with Gasteiger partial charge in [-0.15, -0.1) is 0 Å². The predicted octanol–water partition coefficient (Wildman–Crippen LogP) is 3.10. The number of nitriles is 1. The third kappa shape index (κ3) is 4.36. The highest BCUT2D eigenvalue weighted by molar-refractivity contribution is 6.06. The normalized spacial score (nSPS) is 16.8. The van der Waals surface area contributed by atoms with E-state index in [1.54, 1.807) is 55.5 Å². The first kappa shape index (κ1) is 25.3. The molecule has 2 heterocycles. The first-order chi connectivity index (χ1) is 17.9. The van der Waals surface area contributed by atoms with E-state index >= 15 is 0 Å². The van der Waals surface area contributed by atoms with E-state index in [1.807, 2.05) is 0 Å². The Bertz CT molecular complexity index is 1360. The average molecular weight is 503 g/mol. The minimum atomic E-state index is -0.947. The largest absolute Gasteiger partial charge is 0.466 e. The number of hydrogen-bond donors (Lipinski definition) is 1. The summed E-state index contributed by atoms with van der Waals surface area (Å²) in [5.74, 6) is -2.59. The molecule has 1 atom stereocenters. The molecule has 0 saturated heterocycles. The average Bonchev–Trinajstić information content (AvgIpc) is 3.35. The number of amides is 1. The van der Waals surface area contributed by atoms with Crippen LogP contribution in [0.4, 0.5) is 16.2 Å². The Morgan fingerprint density at radius 2 is 1.78 bits per heavy atom. The number of carbonyl (C=O) groups excluding carboxylic acids is 3. The Hall–Kier alpha value is -4.78. The summed E-state index contributed by atoms with van der Waals surface area (Å²) in [6, 6.07) is 16.0. The lowest BCUT2D eigenvalue weighted by atomic mass is 9.81. The summed E-state index contributed by atoms with van der Waals surface area (Å²) in [6.07, 6.45) is 0.0881. The number of nitrogens with two attached hydrogens (primary N) is 1. The van der Waals surface area contributed by atoms with Crippen molar-refractivity contribution in [3.8, 4) is 6.07 Å². The molecule has 2 N–H and O–H groups in total. The molecular formula is C27H26N4O6. The van der Waals surface area contributed by atoms with Crippen LogP contribution in [0.25, 0.3) is 0 Å². The summed E-state index contributed by atoms with van der Waals surface area (Å²) in [4.78, 5) is 41.5. The van der Waals surface area contributed by atoms with Crippen LogP contribution < -0.4 is 15.5 Å². The number of hydrogen-bond acceptors (Lipinski definition) is 9. The monoisotopic (exact) mass is 502 g/mol. The summed E-state index contributed by atoms with van der Waals surface area (Å²) in [7, 11) is 2.39. The fourth-order valence-corrected chi connectivity index (χ4v) is 4.70. The second kappa shape index (κ2) is 10.5. The molecule has 2 aliphatic rings. The van der Waals surface area contributed by atoms with Crippen LogP contribution in [0.2, 0.25) is 0 Å². The number of carbonyl (C=O) groups is 3. The maximum atomic E-state index is 13.2. The van der Waals surface area contributed by atoms with Gasteiger partial charge in [-0.3, -0.25) is 9.80 Å². The maximum Gasteiger partial charge on any atom is 0.414 e. The zero-order chi connectivity index (χ0) is 26.7. The third-order valence-electron chi connectivity index (χ3n) is 6.32. The van der Waals surface area contributed by atoms with Gasteiger partial charge in [0, 0.05) is 12.2 Å². The molecule has 0 bridgehead atoms. The van der Waals surface area contributed by atoms with E-state index in [-0.39, 0.29) is 29.3 Å². The van der Waals surface area contributed by atoms with Crippen LogP contribution in [0.5, 0.6) is 0 Å². The van der Waals surface area contributed by atoms with E-state index in [4.69, 9.17) is 19.9 Å². The summed E-state index contributed by atoms with van der Waals surface area (Å²) in [6.45, 7) is 2.41. The van der Waals surface area contributed by atoms with Gasteiger partial charge in [0.2, 0.25) is 0 Å². The van der Waals surface area contributed by atoms with E-state index in [0.717, 1.165) is 5.56 Å². The van der Waals surface area contributed by atoms with E-state index < -0.39 is 23.9 Å². The van der Waals surface area contributed by atoms with E-state index in [1.165, 1.54) is 24.0 Å². The van der Waals surface area contributed by atoms with Gasteiger partial charge in [0.1, 0.15) is 11.5 Å². The minimum absolute atomic E-state index is 0.0235. The highest BCUT2D eigenvalue weighted by Crippen LogP contribution is 2.44. The van der Waals surface area contributed by atoms with Crippen LogP contribution in [0.3, 0.4) is 0 Å². The Morgan fingerprint density at radius 3 is 2.41 bits per heavy atom. The second-order valence-corrected chi connectivity index (χ2v) is 8.25. The molecule has 0 aliphatic carbocycles. The van der Waals surface area contributed by atoms with Crippen LogP contribution in [-0.4, -0.2) is 45.4 Å². The lowest BCUT2D eigenvalue weighted by Crippen LogP contribution is -2.40. The number of nitrogens with zero attached hydrogens (tertiary/aromatic N) is 3. The van der Waals surface area contributed by atoms with Crippen molar-refractivity contribution < 1.29 is 28.6 Å². The molecule has 1 unspecified atom stereocenters. The fraction of sp³-hybridized carbons (Fsp3) is 0.259. The Balaban J connectivity index is 1.93. The lowest BCUT2D eigenvalue weighted by Gasteiger charge is -2.36. The molecule has 190 valence electrons. The molecular weight excluding hydrogens is 476 g/mol. The molecule has 10 heteroatoms. The Labute approximate surface area is 214 Å². The highest BCUT2D eigenvalue weighted by atomic mass is 16.6. The van der Waals surface area contributed by atoms with Crippen molar-refractivity contribution in [2.24, 2.45) is 5.73 Å². The predicted molar refractivity (Wildman–Crippen MR) is 134 cm³/mol. The number of esters is 2. The number of allylic oxidation sites excluding steroid dienone is 1. The number of ether oxygens (including phenoxy) is 3. The van der Waals surface area contributed by atoms with Gasteiger partial charge in [0.25, 0.3) is 0 Å². The van der Waals surface area contributed by atoms with E-state index in [0.29, 0.717) is 29.9 Å². The number of rotatable bonds is 5. The van der Waals surface area contributed by atoms with Crippen molar-refractivity contribution in [1.82, 2.24) is 0 Å². The summed E-state index contributed by atoms with van der Waals surface area (Å²) in [5.41, 5.74) is 8.88. The molecule has 2 aliphatic heterocycles. The van der Waals surface area contributed by atoms with Crippen LogP contribution in [0, 0.1) is 11.3 Å². The molecule has 1 amide bonds. The fourth-order valence-electron chi connectivity index (χ4n) is 4.70. The first-order valence-electron chi connectivity index (χ1n) is 11.6. The Morgan fingerprint density at radius 1 is 1.08 bits per heavy atom. The van der Waals surface area contributed by atoms with Gasteiger partial charge in [-0.2, -0.15) is 5.26 Å². The zero-order valence-corrected chi connectivity index (χ0v) is 20.7. The van der Waals surface area contributed by atoms with Gasteiger partial charge in [-0.1, -0.05) is 30.3 Å². The van der Waals surface area contributed by atoms with Crippen molar-refractivity contribution in [2.75, 3.05) is 37.2 Å². The van der Waals surface area contributed by atoms with Gasteiger partial charge in [-0.25, -0.2) is 14.4 Å². The number of anilines is 2. The molecule has 0 spiro atoms. The molecule has 2 aromatic carbocycles. The Kier molecular flexibility index (Phi) is 7.15. The highest BCUT2D eigenvalue weighted by Gasteiger charge is 2.43. The number of fused-ring (bicyclic) bond motifs is 1. The molecule has 4 rings (SSSR count). The molecule has 2 aromatic rings. The van der Waals surface area contributed by atoms with Crippen molar-refractivity contribution in [2.45, 2.75) is 19.3 Å².